The number of carboxylic acids is 1. The van der Waals surface area contributed by atoms with Gasteiger partial charge < -0.3 is 10.0 Å². The van der Waals surface area contributed by atoms with Gasteiger partial charge in [0.25, 0.3) is 0 Å². The molecule has 1 aromatic rings. The highest BCUT2D eigenvalue weighted by molar-refractivity contribution is 9.10. The fourth-order valence-corrected chi connectivity index (χ4v) is 3.35. The van der Waals surface area contributed by atoms with E-state index in [1.807, 2.05) is 0 Å². The second-order valence-electron chi connectivity index (χ2n) is 5.51. The monoisotopic (exact) mass is 311 g/mol. The van der Waals surface area contributed by atoms with Crippen LogP contribution in [-0.4, -0.2) is 24.2 Å². The summed E-state index contributed by atoms with van der Waals surface area (Å²) in [4.78, 5) is 13.2. The topological polar surface area (TPSA) is 40.5 Å². The molecule has 0 amide bonds. The number of benzene rings is 1. The molecule has 1 atom stereocenters. The summed E-state index contributed by atoms with van der Waals surface area (Å²) >= 11 is 3.59. The third kappa shape index (κ3) is 2.86. The molecule has 98 valence electrons. The second kappa shape index (κ2) is 4.92. The molecule has 0 bridgehead atoms. The van der Waals surface area contributed by atoms with E-state index in [4.69, 9.17) is 5.11 Å². The Bertz CT molecular complexity index is 475. The Labute approximate surface area is 116 Å². The van der Waals surface area contributed by atoms with E-state index in [1.54, 1.807) is 0 Å². The number of carbonyl (C=O) groups is 1. The molecule has 1 saturated heterocycles. The SMILES string of the molecule is Cc1ccc(N2CCC(C)(CC(=O)O)C2)c(Br)c1. The van der Waals surface area contributed by atoms with Crippen LogP contribution in [0.2, 0.25) is 0 Å². The van der Waals surface area contributed by atoms with Gasteiger partial charge in [-0.15, -0.1) is 0 Å². The number of aliphatic carboxylic acids is 1. The summed E-state index contributed by atoms with van der Waals surface area (Å²) in [7, 11) is 0. The standard InChI is InChI=1S/C14H18BrNO2/c1-10-3-4-12(11(15)7-10)16-6-5-14(2,9-16)8-13(17)18/h3-4,7H,5-6,8-9H2,1-2H3,(H,17,18). The number of halogens is 1. The van der Waals surface area contributed by atoms with Crippen molar-refractivity contribution >= 4 is 27.6 Å². The molecule has 2 rings (SSSR count). The Hall–Kier alpha value is -1.03. The Morgan fingerprint density at radius 2 is 2.28 bits per heavy atom. The first-order valence-electron chi connectivity index (χ1n) is 6.13. The van der Waals surface area contributed by atoms with Gasteiger partial charge in [0.2, 0.25) is 0 Å². The summed E-state index contributed by atoms with van der Waals surface area (Å²) < 4.78 is 1.09. The smallest absolute Gasteiger partial charge is 0.303 e. The van der Waals surface area contributed by atoms with E-state index in [0.29, 0.717) is 0 Å². The van der Waals surface area contributed by atoms with Crippen LogP contribution in [-0.2, 0) is 4.79 Å². The van der Waals surface area contributed by atoms with Crippen molar-refractivity contribution in [2.75, 3.05) is 18.0 Å². The van der Waals surface area contributed by atoms with Crippen molar-refractivity contribution in [3.05, 3.63) is 28.2 Å². The normalized spacial score (nSPS) is 23.4. The molecule has 0 aromatic heterocycles. The lowest BCUT2D eigenvalue weighted by Crippen LogP contribution is -2.27. The molecule has 0 saturated carbocycles. The lowest BCUT2D eigenvalue weighted by Gasteiger charge is -2.24. The van der Waals surface area contributed by atoms with Gasteiger partial charge in [-0.1, -0.05) is 13.0 Å². The molecule has 1 aliphatic heterocycles. The van der Waals surface area contributed by atoms with Crippen molar-refractivity contribution in [2.24, 2.45) is 5.41 Å². The van der Waals surface area contributed by atoms with Gasteiger partial charge >= 0.3 is 5.97 Å². The molecule has 1 unspecified atom stereocenters. The number of hydrogen-bond donors (Lipinski definition) is 1. The average molecular weight is 312 g/mol. The lowest BCUT2D eigenvalue weighted by molar-refractivity contribution is -0.139. The van der Waals surface area contributed by atoms with Crippen LogP contribution in [0.25, 0.3) is 0 Å². The molecular weight excluding hydrogens is 294 g/mol. The highest BCUT2D eigenvalue weighted by atomic mass is 79.9. The molecule has 18 heavy (non-hydrogen) atoms. The first kappa shape index (κ1) is 13.4. The molecule has 1 aliphatic rings. The van der Waals surface area contributed by atoms with Crippen LogP contribution in [0.5, 0.6) is 0 Å². The highest BCUT2D eigenvalue weighted by Gasteiger charge is 2.36. The summed E-state index contributed by atoms with van der Waals surface area (Å²) in [5.74, 6) is -0.706. The molecule has 1 N–H and O–H groups in total. The van der Waals surface area contributed by atoms with E-state index in [0.717, 1.165) is 29.7 Å². The maximum atomic E-state index is 10.9. The van der Waals surface area contributed by atoms with E-state index in [2.05, 4.69) is 52.9 Å². The number of anilines is 1. The number of carboxylic acid groups (broad SMARTS) is 1. The summed E-state index contributed by atoms with van der Waals surface area (Å²) in [6.07, 6.45) is 1.17. The molecule has 1 aromatic carbocycles. The summed E-state index contributed by atoms with van der Waals surface area (Å²) in [6, 6.07) is 6.29. The van der Waals surface area contributed by atoms with Crippen LogP contribution in [0.3, 0.4) is 0 Å². The summed E-state index contributed by atoms with van der Waals surface area (Å²) in [5, 5.41) is 8.96. The van der Waals surface area contributed by atoms with Crippen LogP contribution < -0.4 is 4.90 Å². The van der Waals surface area contributed by atoms with Gasteiger partial charge in [-0.2, -0.15) is 0 Å². The number of nitrogens with zero attached hydrogens (tertiary/aromatic N) is 1. The van der Waals surface area contributed by atoms with Crippen LogP contribution in [0, 0.1) is 12.3 Å². The van der Waals surface area contributed by atoms with Crippen molar-refractivity contribution in [3.63, 3.8) is 0 Å². The fraction of sp³-hybridized carbons (Fsp3) is 0.500. The van der Waals surface area contributed by atoms with Crippen LogP contribution in [0.1, 0.15) is 25.3 Å². The zero-order chi connectivity index (χ0) is 13.3. The van der Waals surface area contributed by atoms with Gasteiger partial charge in [-0.25, -0.2) is 0 Å². The average Bonchev–Trinajstić information content (AvgIpc) is 2.59. The Kier molecular flexibility index (Phi) is 3.66. The zero-order valence-electron chi connectivity index (χ0n) is 10.7. The van der Waals surface area contributed by atoms with Gasteiger partial charge in [-0.05, 0) is 52.4 Å². The van der Waals surface area contributed by atoms with Gasteiger partial charge in [0.1, 0.15) is 0 Å². The third-order valence-electron chi connectivity index (χ3n) is 3.58. The van der Waals surface area contributed by atoms with Crippen molar-refractivity contribution in [1.29, 1.82) is 0 Å². The zero-order valence-corrected chi connectivity index (χ0v) is 12.3. The maximum absolute atomic E-state index is 10.9. The first-order chi connectivity index (χ1) is 8.39. The van der Waals surface area contributed by atoms with E-state index < -0.39 is 5.97 Å². The van der Waals surface area contributed by atoms with Crippen molar-refractivity contribution < 1.29 is 9.90 Å². The predicted molar refractivity (Wildman–Crippen MR) is 76.1 cm³/mol. The Morgan fingerprint density at radius 1 is 1.56 bits per heavy atom. The van der Waals surface area contributed by atoms with Gasteiger partial charge in [0.05, 0.1) is 12.1 Å². The molecule has 3 nitrogen and oxygen atoms in total. The highest BCUT2D eigenvalue weighted by Crippen LogP contribution is 2.38. The van der Waals surface area contributed by atoms with E-state index in [-0.39, 0.29) is 11.8 Å². The predicted octanol–water partition coefficient (Wildman–Crippen LogP) is 3.45. The summed E-state index contributed by atoms with van der Waals surface area (Å²) in [5.41, 5.74) is 2.27. The second-order valence-corrected chi connectivity index (χ2v) is 6.36. The third-order valence-corrected chi connectivity index (χ3v) is 4.21. The minimum atomic E-state index is -0.706. The number of hydrogen-bond acceptors (Lipinski definition) is 2. The molecule has 1 heterocycles. The largest absolute Gasteiger partial charge is 0.481 e. The van der Waals surface area contributed by atoms with E-state index in [1.165, 1.54) is 5.56 Å². The maximum Gasteiger partial charge on any atom is 0.303 e. The Morgan fingerprint density at radius 3 is 2.89 bits per heavy atom. The summed E-state index contributed by atoms with van der Waals surface area (Å²) in [6.45, 7) is 5.85. The number of aryl methyl sites for hydroxylation is 1. The molecule has 1 fully saturated rings. The van der Waals surface area contributed by atoms with Crippen LogP contribution in [0.4, 0.5) is 5.69 Å². The number of rotatable bonds is 3. The van der Waals surface area contributed by atoms with Gasteiger partial charge in [0.15, 0.2) is 0 Å². The molecule has 0 aliphatic carbocycles. The molecule has 4 heteroatoms. The van der Waals surface area contributed by atoms with Crippen molar-refractivity contribution in [3.8, 4) is 0 Å². The van der Waals surface area contributed by atoms with Crippen LogP contribution in [0.15, 0.2) is 22.7 Å². The molecule has 0 spiro atoms. The fourth-order valence-electron chi connectivity index (χ4n) is 2.61. The molecular formula is C14H18BrNO2. The van der Waals surface area contributed by atoms with Crippen molar-refractivity contribution in [2.45, 2.75) is 26.7 Å². The minimum Gasteiger partial charge on any atom is -0.481 e. The van der Waals surface area contributed by atoms with E-state index in [9.17, 15) is 4.79 Å². The van der Waals surface area contributed by atoms with Gasteiger partial charge in [-0.3, -0.25) is 4.79 Å². The van der Waals surface area contributed by atoms with Crippen LogP contribution >= 0.6 is 15.9 Å². The lowest BCUT2D eigenvalue weighted by atomic mass is 9.86. The molecule has 0 radical (unpaired) electrons. The van der Waals surface area contributed by atoms with Crippen molar-refractivity contribution in [1.82, 2.24) is 0 Å². The quantitative estimate of drug-likeness (QED) is 0.929. The Balaban J connectivity index is 2.15. The first-order valence-corrected chi connectivity index (χ1v) is 6.92. The van der Waals surface area contributed by atoms with Gasteiger partial charge in [0, 0.05) is 17.6 Å². The minimum absolute atomic E-state index is 0.115. The van der Waals surface area contributed by atoms with E-state index >= 15 is 0 Å².